The van der Waals surface area contributed by atoms with E-state index < -0.39 is 0 Å². The standard InChI is InChI=1S/C14H18N2O/c1-17-12-7-11(8-15-9-12)13-4-2-3-10-5-6-16-14(10)13/h4,7-10,14,16H,2-3,5-6H2,1H3/t10-,14+/m1/s1. The number of aromatic nitrogens is 1. The number of nitrogens with one attached hydrogen (secondary N) is 1. The lowest BCUT2D eigenvalue weighted by atomic mass is 9.82. The molecular weight excluding hydrogens is 212 g/mol. The van der Waals surface area contributed by atoms with Crippen LogP contribution < -0.4 is 10.1 Å². The molecule has 2 atom stereocenters. The Morgan fingerprint density at radius 1 is 1.35 bits per heavy atom. The number of rotatable bonds is 2. The highest BCUT2D eigenvalue weighted by Crippen LogP contribution is 2.36. The molecule has 0 radical (unpaired) electrons. The highest BCUT2D eigenvalue weighted by atomic mass is 16.5. The quantitative estimate of drug-likeness (QED) is 0.846. The number of ether oxygens (including phenoxy) is 1. The number of pyridine rings is 1. The molecule has 0 bridgehead atoms. The van der Waals surface area contributed by atoms with Gasteiger partial charge in [0.1, 0.15) is 5.75 Å². The van der Waals surface area contributed by atoms with Crippen LogP contribution in [0.5, 0.6) is 5.75 Å². The van der Waals surface area contributed by atoms with E-state index in [1.807, 2.05) is 6.20 Å². The summed E-state index contributed by atoms with van der Waals surface area (Å²) in [5, 5.41) is 3.61. The fraction of sp³-hybridized carbons (Fsp3) is 0.500. The minimum absolute atomic E-state index is 0.526. The zero-order chi connectivity index (χ0) is 11.7. The van der Waals surface area contributed by atoms with Crippen LogP contribution in [0.3, 0.4) is 0 Å². The van der Waals surface area contributed by atoms with Gasteiger partial charge >= 0.3 is 0 Å². The number of hydrogen-bond acceptors (Lipinski definition) is 3. The predicted molar refractivity (Wildman–Crippen MR) is 67.9 cm³/mol. The van der Waals surface area contributed by atoms with E-state index in [1.165, 1.54) is 30.4 Å². The lowest BCUT2D eigenvalue weighted by Crippen LogP contribution is -2.30. The van der Waals surface area contributed by atoms with Gasteiger partial charge in [-0.3, -0.25) is 4.98 Å². The van der Waals surface area contributed by atoms with Gasteiger partial charge in [-0.25, -0.2) is 0 Å². The largest absolute Gasteiger partial charge is 0.495 e. The van der Waals surface area contributed by atoms with Gasteiger partial charge in [-0.15, -0.1) is 0 Å². The van der Waals surface area contributed by atoms with Gasteiger partial charge in [0.05, 0.1) is 13.3 Å². The van der Waals surface area contributed by atoms with E-state index in [-0.39, 0.29) is 0 Å². The average molecular weight is 230 g/mol. The molecule has 1 fully saturated rings. The van der Waals surface area contributed by atoms with Crippen molar-refractivity contribution in [2.45, 2.75) is 25.3 Å². The molecule has 2 aliphatic rings. The second-order valence-corrected chi connectivity index (χ2v) is 4.83. The first-order chi connectivity index (χ1) is 8.38. The zero-order valence-electron chi connectivity index (χ0n) is 10.1. The first kappa shape index (κ1) is 10.8. The predicted octanol–water partition coefficient (Wildman–Crippen LogP) is 2.25. The molecule has 3 rings (SSSR count). The highest BCUT2D eigenvalue weighted by Gasteiger charge is 2.32. The number of hydrogen-bond donors (Lipinski definition) is 1. The van der Waals surface area contributed by atoms with Gasteiger partial charge in [-0.2, -0.15) is 0 Å². The second-order valence-electron chi connectivity index (χ2n) is 4.83. The Bertz CT molecular complexity index is 442. The third-order valence-electron chi connectivity index (χ3n) is 3.87. The van der Waals surface area contributed by atoms with Crippen molar-refractivity contribution in [3.63, 3.8) is 0 Å². The summed E-state index contributed by atoms with van der Waals surface area (Å²) in [6, 6.07) is 2.61. The molecule has 1 N–H and O–H groups in total. The molecule has 3 nitrogen and oxygen atoms in total. The molecule has 17 heavy (non-hydrogen) atoms. The number of methoxy groups -OCH3 is 1. The fourth-order valence-corrected chi connectivity index (χ4v) is 3.00. The Labute approximate surface area is 102 Å². The summed E-state index contributed by atoms with van der Waals surface area (Å²) in [4.78, 5) is 4.25. The Balaban J connectivity index is 1.94. The molecule has 1 aromatic rings. The van der Waals surface area contributed by atoms with Crippen LogP contribution in [0.15, 0.2) is 24.5 Å². The Morgan fingerprint density at radius 2 is 2.29 bits per heavy atom. The van der Waals surface area contributed by atoms with Crippen LogP contribution in [0, 0.1) is 5.92 Å². The SMILES string of the molecule is COc1cncc(C2=CCC[C@@H]3CCN[C@H]23)c1. The van der Waals surface area contributed by atoms with E-state index in [0.29, 0.717) is 6.04 Å². The maximum absolute atomic E-state index is 5.25. The van der Waals surface area contributed by atoms with Gasteiger partial charge in [0.2, 0.25) is 0 Å². The Morgan fingerprint density at radius 3 is 3.18 bits per heavy atom. The Hall–Kier alpha value is -1.35. The van der Waals surface area contributed by atoms with E-state index >= 15 is 0 Å². The van der Waals surface area contributed by atoms with Crippen molar-refractivity contribution < 1.29 is 4.74 Å². The van der Waals surface area contributed by atoms with Gasteiger partial charge in [-0.05, 0) is 43.4 Å². The fourth-order valence-electron chi connectivity index (χ4n) is 3.00. The summed E-state index contributed by atoms with van der Waals surface area (Å²) in [6.07, 6.45) is 9.87. The molecule has 1 aliphatic carbocycles. The first-order valence-electron chi connectivity index (χ1n) is 6.31. The zero-order valence-corrected chi connectivity index (χ0v) is 10.1. The van der Waals surface area contributed by atoms with Gasteiger partial charge in [0.15, 0.2) is 0 Å². The second kappa shape index (κ2) is 4.49. The van der Waals surface area contributed by atoms with E-state index in [0.717, 1.165) is 18.2 Å². The molecule has 1 aromatic heterocycles. The van der Waals surface area contributed by atoms with Crippen molar-refractivity contribution in [3.8, 4) is 5.75 Å². The molecule has 90 valence electrons. The third kappa shape index (κ3) is 1.95. The smallest absolute Gasteiger partial charge is 0.137 e. The number of allylic oxidation sites excluding steroid dienone is 1. The van der Waals surface area contributed by atoms with Crippen molar-refractivity contribution in [1.82, 2.24) is 10.3 Å². The molecule has 0 amide bonds. The normalized spacial score (nSPS) is 27.5. The summed E-state index contributed by atoms with van der Waals surface area (Å²) < 4.78 is 5.25. The molecule has 3 heteroatoms. The van der Waals surface area contributed by atoms with Crippen LogP contribution in [0.1, 0.15) is 24.8 Å². The van der Waals surface area contributed by atoms with Crippen molar-refractivity contribution in [3.05, 3.63) is 30.1 Å². The van der Waals surface area contributed by atoms with E-state index in [2.05, 4.69) is 22.4 Å². The summed E-state index contributed by atoms with van der Waals surface area (Å²) in [7, 11) is 1.69. The topological polar surface area (TPSA) is 34.1 Å². The minimum atomic E-state index is 0.526. The lowest BCUT2D eigenvalue weighted by Gasteiger charge is -2.27. The Kier molecular flexibility index (Phi) is 2.85. The van der Waals surface area contributed by atoms with Crippen molar-refractivity contribution in [2.24, 2.45) is 5.92 Å². The van der Waals surface area contributed by atoms with Gasteiger partial charge in [-0.1, -0.05) is 6.08 Å². The van der Waals surface area contributed by atoms with Gasteiger partial charge in [0.25, 0.3) is 0 Å². The third-order valence-corrected chi connectivity index (χ3v) is 3.87. The summed E-state index contributed by atoms with van der Waals surface area (Å²) in [5.41, 5.74) is 2.61. The van der Waals surface area contributed by atoms with Crippen LogP contribution in [-0.2, 0) is 0 Å². The summed E-state index contributed by atoms with van der Waals surface area (Å²) >= 11 is 0. The van der Waals surface area contributed by atoms with Gasteiger partial charge < -0.3 is 10.1 Å². The van der Waals surface area contributed by atoms with Crippen LogP contribution >= 0.6 is 0 Å². The maximum Gasteiger partial charge on any atom is 0.137 e. The molecule has 1 saturated heterocycles. The summed E-state index contributed by atoms with van der Waals surface area (Å²) in [6.45, 7) is 1.14. The van der Waals surface area contributed by atoms with Crippen molar-refractivity contribution in [2.75, 3.05) is 13.7 Å². The van der Waals surface area contributed by atoms with Gasteiger partial charge in [0, 0.05) is 17.8 Å². The lowest BCUT2D eigenvalue weighted by molar-refractivity contribution is 0.412. The molecule has 0 unspecified atom stereocenters. The maximum atomic E-state index is 5.25. The van der Waals surface area contributed by atoms with E-state index in [4.69, 9.17) is 4.74 Å². The molecule has 0 saturated carbocycles. The van der Waals surface area contributed by atoms with E-state index in [9.17, 15) is 0 Å². The van der Waals surface area contributed by atoms with Crippen LogP contribution in [-0.4, -0.2) is 24.7 Å². The van der Waals surface area contributed by atoms with E-state index in [1.54, 1.807) is 13.3 Å². The average Bonchev–Trinajstić information content (AvgIpc) is 2.87. The molecule has 0 aromatic carbocycles. The molecule has 1 aliphatic heterocycles. The van der Waals surface area contributed by atoms with Crippen LogP contribution in [0.2, 0.25) is 0 Å². The number of fused-ring (bicyclic) bond motifs is 1. The molecular formula is C14H18N2O. The minimum Gasteiger partial charge on any atom is -0.495 e. The number of nitrogens with zero attached hydrogens (tertiary/aromatic N) is 1. The highest BCUT2D eigenvalue weighted by molar-refractivity contribution is 5.71. The van der Waals surface area contributed by atoms with Crippen molar-refractivity contribution in [1.29, 1.82) is 0 Å². The van der Waals surface area contributed by atoms with Crippen LogP contribution in [0.25, 0.3) is 5.57 Å². The molecule has 0 spiro atoms. The first-order valence-corrected chi connectivity index (χ1v) is 6.31. The monoisotopic (exact) mass is 230 g/mol. The molecule has 2 heterocycles. The van der Waals surface area contributed by atoms with Crippen molar-refractivity contribution >= 4 is 5.57 Å². The summed E-state index contributed by atoms with van der Waals surface area (Å²) in [5.74, 6) is 1.64. The van der Waals surface area contributed by atoms with Crippen LogP contribution in [0.4, 0.5) is 0 Å².